The van der Waals surface area contributed by atoms with Crippen LogP contribution < -0.4 is 10.5 Å². The van der Waals surface area contributed by atoms with Crippen molar-refractivity contribution >= 4 is 23.3 Å². The fraction of sp³-hybridized carbons (Fsp3) is 0.250. The number of aromatic nitrogens is 4. The molecular weight excluding hydrogens is 342 g/mol. The molecule has 0 aliphatic rings. The van der Waals surface area contributed by atoms with Gasteiger partial charge in [0.1, 0.15) is 17.6 Å². The highest BCUT2D eigenvalue weighted by molar-refractivity contribution is 5.70. The van der Waals surface area contributed by atoms with Crippen LogP contribution in [0, 0.1) is 0 Å². The van der Waals surface area contributed by atoms with Gasteiger partial charge < -0.3 is 25.1 Å². The van der Waals surface area contributed by atoms with E-state index in [0.717, 1.165) is 0 Å². The first-order valence-electron chi connectivity index (χ1n) is 7.78. The van der Waals surface area contributed by atoms with E-state index in [1.54, 1.807) is 24.3 Å². The number of nitrogens with zero attached hydrogens (tertiary/aromatic N) is 4. The average Bonchev–Trinajstić information content (AvgIpc) is 3.05. The van der Waals surface area contributed by atoms with Crippen molar-refractivity contribution in [2.45, 2.75) is 12.8 Å². The molecule has 0 spiro atoms. The number of anilines is 1. The minimum Gasteiger partial charge on any atom is -0.434 e. The number of carbonyl (C=O) groups excluding carboxylic acids is 1. The van der Waals surface area contributed by atoms with Crippen LogP contribution in [0.4, 0.5) is 10.7 Å². The standard InChI is InChI=1S/C16H17N5O5/c17-14-18-9-12-13(20-14)21(10-19-12)15(22)24-7-4-8-25-16(23)26-11-5-2-1-3-6-11/h1-3,5-6,9-10,15,22H,4,7-8H2,(H2,17,18,20). The van der Waals surface area contributed by atoms with Crippen molar-refractivity contribution in [2.75, 3.05) is 18.9 Å². The first kappa shape index (κ1) is 17.6. The number of fused-ring (bicyclic) bond motifs is 1. The number of rotatable bonds is 7. The Labute approximate surface area is 148 Å². The molecule has 0 aliphatic carbocycles. The predicted octanol–water partition coefficient (Wildman–Crippen LogP) is 1.48. The van der Waals surface area contributed by atoms with Crippen LogP contribution in [0.25, 0.3) is 11.2 Å². The summed E-state index contributed by atoms with van der Waals surface area (Å²) >= 11 is 0. The minimum absolute atomic E-state index is 0.0665. The third-order valence-electron chi connectivity index (χ3n) is 3.29. The molecule has 26 heavy (non-hydrogen) atoms. The molecule has 1 atom stereocenters. The summed E-state index contributed by atoms with van der Waals surface area (Å²) in [6, 6.07) is 8.59. The lowest BCUT2D eigenvalue weighted by molar-refractivity contribution is -0.152. The maximum atomic E-state index is 11.5. The smallest absolute Gasteiger partial charge is 0.434 e. The van der Waals surface area contributed by atoms with Crippen molar-refractivity contribution in [3.8, 4) is 5.75 Å². The molecule has 0 radical (unpaired) electrons. The number of imidazole rings is 1. The van der Waals surface area contributed by atoms with E-state index < -0.39 is 12.6 Å². The molecule has 0 saturated heterocycles. The van der Waals surface area contributed by atoms with Crippen molar-refractivity contribution in [3.63, 3.8) is 0 Å². The highest BCUT2D eigenvalue weighted by atomic mass is 16.7. The van der Waals surface area contributed by atoms with Gasteiger partial charge in [0.05, 0.1) is 19.4 Å². The molecule has 0 aliphatic heterocycles. The highest BCUT2D eigenvalue weighted by Crippen LogP contribution is 2.15. The Kier molecular flexibility index (Phi) is 5.56. The Morgan fingerprint density at radius 1 is 1.23 bits per heavy atom. The summed E-state index contributed by atoms with van der Waals surface area (Å²) in [6.07, 6.45) is 1.09. The van der Waals surface area contributed by atoms with Gasteiger partial charge in [-0.2, -0.15) is 4.98 Å². The van der Waals surface area contributed by atoms with E-state index in [2.05, 4.69) is 15.0 Å². The number of benzene rings is 1. The van der Waals surface area contributed by atoms with Gasteiger partial charge >= 0.3 is 6.16 Å². The van der Waals surface area contributed by atoms with Crippen LogP contribution >= 0.6 is 0 Å². The van der Waals surface area contributed by atoms with Crippen LogP contribution in [0.1, 0.15) is 12.8 Å². The van der Waals surface area contributed by atoms with Crippen molar-refractivity contribution < 1.29 is 24.1 Å². The first-order valence-corrected chi connectivity index (χ1v) is 7.78. The molecule has 1 aromatic carbocycles. The lowest BCUT2D eigenvalue weighted by Crippen LogP contribution is -2.15. The molecule has 10 heteroatoms. The lowest BCUT2D eigenvalue weighted by atomic mass is 10.3. The molecule has 1 unspecified atom stereocenters. The molecule has 2 aromatic heterocycles. The van der Waals surface area contributed by atoms with Gasteiger partial charge in [-0.15, -0.1) is 0 Å². The summed E-state index contributed by atoms with van der Waals surface area (Å²) in [6.45, 7) is 0.220. The number of para-hydroxylation sites is 1. The quantitative estimate of drug-likeness (QED) is 0.278. The van der Waals surface area contributed by atoms with Crippen molar-refractivity contribution in [3.05, 3.63) is 42.9 Å². The molecule has 2 heterocycles. The molecule has 0 amide bonds. The van der Waals surface area contributed by atoms with E-state index in [1.165, 1.54) is 17.1 Å². The fourth-order valence-corrected chi connectivity index (χ4v) is 2.10. The first-order chi connectivity index (χ1) is 12.6. The molecule has 3 rings (SSSR count). The Balaban J connectivity index is 1.40. The van der Waals surface area contributed by atoms with E-state index in [9.17, 15) is 9.90 Å². The van der Waals surface area contributed by atoms with Crippen LogP contribution in [0.2, 0.25) is 0 Å². The average molecular weight is 359 g/mol. The lowest BCUT2D eigenvalue weighted by Gasteiger charge is -2.13. The SMILES string of the molecule is Nc1ncc2ncn(C(O)OCCCOC(=O)Oc3ccccc3)c2n1. The zero-order valence-electron chi connectivity index (χ0n) is 13.7. The second-order valence-electron chi connectivity index (χ2n) is 5.15. The zero-order chi connectivity index (χ0) is 18.4. The second kappa shape index (κ2) is 8.23. The molecule has 0 bridgehead atoms. The summed E-state index contributed by atoms with van der Waals surface area (Å²) in [4.78, 5) is 23.4. The van der Waals surface area contributed by atoms with Gasteiger partial charge in [0.15, 0.2) is 5.65 Å². The van der Waals surface area contributed by atoms with Gasteiger partial charge in [-0.05, 0) is 12.1 Å². The number of hydrogen-bond donors (Lipinski definition) is 2. The minimum atomic E-state index is -1.30. The monoisotopic (exact) mass is 359 g/mol. The summed E-state index contributed by atoms with van der Waals surface area (Å²) in [7, 11) is 0. The largest absolute Gasteiger partial charge is 0.513 e. The van der Waals surface area contributed by atoms with Gasteiger partial charge in [-0.3, -0.25) is 4.57 Å². The van der Waals surface area contributed by atoms with Crippen LogP contribution in [-0.4, -0.2) is 44.0 Å². The van der Waals surface area contributed by atoms with Gasteiger partial charge in [-0.1, -0.05) is 18.2 Å². The predicted molar refractivity (Wildman–Crippen MR) is 90.0 cm³/mol. The number of nitrogens with two attached hydrogens (primary N) is 1. The topological polar surface area (TPSA) is 135 Å². The molecule has 0 fully saturated rings. The maximum Gasteiger partial charge on any atom is 0.513 e. The van der Waals surface area contributed by atoms with Crippen LogP contribution in [-0.2, 0) is 9.47 Å². The summed E-state index contributed by atoms with van der Waals surface area (Å²) < 4.78 is 16.5. The molecule has 10 nitrogen and oxygen atoms in total. The number of carbonyl (C=O) groups is 1. The van der Waals surface area contributed by atoms with E-state index in [-0.39, 0.29) is 19.2 Å². The molecular formula is C16H17N5O5. The Hall–Kier alpha value is -3.24. The van der Waals surface area contributed by atoms with E-state index in [1.807, 2.05) is 6.07 Å². The van der Waals surface area contributed by atoms with Gasteiger partial charge in [0.2, 0.25) is 12.4 Å². The zero-order valence-corrected chi connectivity index (χ0v) is 13.7. The summed E-state index contributed by atoms with van der Waals surface area (Å²) in [5, 5.41) is 10.1. The number of aliphatic hydroxyl groups excluding tert-OH is 1. The third kappa shape index (κ3) is 4.43. The number of aliphatic hydroxyl groups is 1. The van der Waals surface area contributed by atoms with Crippen LogP contribution in [0.5, 0.6) is 5.75 Å². The fourth-order valence-electron chi connectivity index (χ4n) is 2.10. The highest BCUT2D eigenvalue weighted by Gasteiger charge is 2.13. The van der Waals surface area contributed by atoms with E-state index in [0.29, 0.717) is 23.3 Å². The van der Waals surface area contributed by atoms with Crippen LogP contribution in [0.15, 0.2) is 42.9 Å². The van der Waals surface area contributed by atoms with E-state index >= 15 is 0 Å². The molecule has 136 valence electrons. The van der Waals surface area contributed by atoms with Gasteiger partial charge in [-0.25, -0.2) is 14.8 Å². The van der Waals surface area contributed by atoms with Crippen LogP contribution in [0.3, 0.4) is 0 Å². The van der Waals surface area contributed by atoms with Crippen molar-refractivity contribution in [1.82, 2.24) is 19.5 Å². The Morgan fingerprint density at radius 3 is 2.85 bits per heavy atom. The number of nitrogen functional groups attached to an aromatic ring is 1. The second-order valence-corrected chi connectivity index (χ2v) is 5.15. The number of ether oxygens (including phenoxy) is 3. The Bertz CT molecular complexity index is 870. The van der Waals surface area contributed by atoms with Gasteiger partial charge in [0, 0.05) is 6.42 Å². The molecule has 3 aromatic rings. The van der Waals surface area contributed by atoms with Crippen molar-refractivity contribution in [1.29, 1.82) is 0 Å². The summed E-state index contributed by atoms with van der Waals surface area (Å²) in [5.41, 5.74) is 6.36. The van der Waals surface area contributed by atoms with Gasteiger partial charge in [0.25, 0.3) is 0 Å². The number of hydrogen-bond acceptors (Lipinski definition) is 9. The normalized spacial score (nSPS) is 12.0. The third-order valence-corrected chi connectivity index (χ3v) is 3.29. The molecule has 3 N–H and O–H groups in total. The summed E-state index contributed by atoms with van der Waals surface area (Å²) in [5.74, 6) is 0.467. The maximum absolute atomic E-state index is 11.5. The molecule has 0 saturated carbocycles. The Morgan fingerprint density at radius 2 is 2.04 bits per heavy atom. The van der Waals surface area contributed by atoms with Crippen molar-refractivity contribution in [2.24, 2.45) is 0 Å². The van der Waals surface area contributed by atoms with E-state index in [4.69, 9.17) is 19.9 Å².